The van der Waals surface area contributed by atoms with Crippen LogP contribution in [0.4, 0.5) is 5.82 Å². The molecule has 0 saturated carbocycles. The molecule has 76 valence electrons. The first kappa shape index (κ1) is 10.1. The Hall–Kier alpha value is -0.400. The van der Waals surface area contributed by atoms with Gasteiger partial charge in [0, 0.05) is 21.9 Å². The van der Waals surface area contributed by atoms with Gasteiger partial charge in [-0.2, -0.15) is 0 Å². The lowest BCUT2D eigenvalue weighted by molar-refractivity contribution is 0.0770. The molecule has 0 radical (unpaired) electrons. The molecule has 1 atom stereocenters. The number of halogens is 1. The van der Waals surface area contributed by atoms with E-state index in [4.69, 9.17) is 10.5 Å². The van der Waals surface area contributed by atoms with E-state index in [0.717, 1.165) is 22.3 Å². The largest absolute Gasteiger partial charge is 0.383 e. The summed E-state index contributed by atoms with van der Waals surface area (Å²) >= 11 is 2.23. The first-order chi connectivity index (χ1) is 6.77. The minimum absolute atomic E-state index is 0.186. The molecule has 1 saturated heterocycles. The maximum atomic E-state index is 5.81. The maximum absolute atomic E-state index is 5.81. The van der Waals surface area contributed by atoms with Gasteiger partial charge < -0.3 is 15.8 Å². The fraction of sp³-hybridized carbons (Fsp3) is 0.444. The first-order valence-corrected chi connectivity index (χ1v) is 5.57. The number of anilines is 1. The normalized spacial score (nSPS) is 22.2. The third-order valence-electron chi connectivity index (χ3n) is 2.21. The number of hydrogen-bond donors (Lipinski definition) is 2. The number of aromatic nitrogens is 1. The van der Waals surface area contributed by atoms with Crippen molar-refractivity contribution in [1.29, 1.82) is 0 Å². The molecule has 0 amide bonds. The third kappa shape index (κ3) is 2.15. The minimum Gasteiger partial charge on any atom is -0.383 e. The van der Waals surface area contributed by atoms with Crippen LogP contribution < -0.4 is 11.1 Å². The Morgan fingerprint density at radius 1 is 1.64 bits per heavy atom. The lowest BCUT2D eigenvalue weighted by Crippen LogP contribution is -2.35. The number of nitrogens with one attached hydrogen (secondary N) is 1. The molecule has 4 nitrogen and oxygen atoms in total. The van der Waals surface area contributed by atoms with Crippen LogP contribution in [0.25, 0.3) is 0 Å². The SMILES string of the molecule is Nc1ncc(I)cc1[C@H]1COCCN1. The Morgan fingerprint density at radius 2 is 2.50 bits per heavy atom. The summed E-state index contributed by atoms with van der Waals surface area (Å²) < 4.78 is 6.48. The van der Waals surface area contributed by atoms with Crippen LogP contribution in [0.15, 0.2) is 12.3 Å². The van der Waals surface area contributed by atoms with E-state index >= 15 is 0 Å². The molecular formula is C9H12IN3O. The van der Waals surface area contributed by atoms with Gasteiger partial charge in [0.1, 0.15) is 5.82 Å². The molecule has 3 N–H and O–H groups in total. The van der Waals surface area contributed by atoms with Crippen LogP contribution in [-0.2, 0) is 4.74 Å². The molecule has 0 aromatic carbocycles. The van der Waals surface area contributed by atoms with Crippen LogP contribution in [0, 0.1) is 3.57 Å². The van der Waals surface area contributed by atoms with Crippen LogP contribution in [0.3, 0.4) is 0 Å². The number of nitrogen functional groups attached to an aromatic ring is 1. The van der Waals surface area contributed by atoms with Crippen molar-refractivity contribution in [3.05, 3.63) is 21.4 Å². The van der Waals surface area contributed by atoms with Gasteiger partial charge in [-0.1, -0.05) is 0 Å². The molecule has 1 aromatic rings. The van der Waals surface area contributed by atoms with Crippen LogP contribution in [-0.4, -0.2) is 24.7 Å². The molecule has 0 unspecified atom stereocenters. The van der Waals surface area contributed by atoms with Gasteiger partial charge in [-0.25, -0.2) is 4.98 Å². The van der Waals surface area contributed by atoms with Gasteiger partial charge in [-0.15, -0.1) is 0 Å². The van der Waals surface area contributed by atoms with Crippen LogP contribution in [0.5, 0.6) is 0 Å². The minimum atomic E-state index is 0.186. The van der Waals surface area contributed by atoms with Gasteiger partial charge in [0.05, 0.1) is 19.3 Å². The number of ether oxygens (including phenoxy) is 1. The molecule has 0 aliphatic carbocycles. The van der Waals surface area contributed by atoms with E-state index < -0.39 is 0 Å². The Balaban J connectivity index is 2.24. The van der Waals surface area contributed by atoms with E-state index in [-0.39, 0.29) is 6.04 Å². The van der Waals surface area contributed by atoms with Gasteiger partial charge in [0.15, 0.2) is 0 Å². The third-order valence-corrected chi connectivity index (χ3v) is 2.80. The second-order valence-electron chi connectivity index (χ2n) is 3.21. The van der Waals surface area contributed by atoms with Crippen molar-refractivity contribution in [2.24, 2.45) is 0 Å². The molecule has 5 heteroatoms. The van der Waals surface area contributed by atoms with Crippen molar-refractivity contribution in [3.63, 3.8) is 0 Å². The monoisotopic (exact) mass is 305 g/mol. The Kier molecular flexibility index (Phi) is 3.19. The highest BCUT2D eigenvalue weighted by molar-refractivity contribution is 14.1. The van der Waals surface area contributed by atoms with E-state index in [0.29, 0.717) is 12.4 Å². The summed E-state index contributed by atoms with van der Waals surface area (Å²) in [6.07, 6.45) is 1.77. The Bertz CT molecular complexity index is 326. The quantitative estimate of drug-likeness (QED) is 0.758. The lowest BCUT2D eigenvalue weighted by atomic mass is 10.1. The molecular weight excluding hydrogens is 293 g/mol. The summed E-state index contributed by atoms with van der Waals surface area (Å²) in [5.41, 5.74) is 6.85. The summed E-state index contributed by atoms with van der Waals surface area (Å²) in [7, 11) is 0. The maximum Gasteiger partial charge on any atom is 0.128 e. The van der Waals surface area contributed by atoms with Gasteiger partial charge in [0.25, 0.3) is 0 Å². The zero-order valence-corrected chi connectivity index (χ0v) is 9.82. The number of nitrogens with two attached hydrogens (primary N) is 1. The Morgan fingerprint density at radius 3 is 3.21 bits per heavy atom. The molecule has 1 fully saturated rings. The smallest absolute Gasteiger partial charge is 0.128 e. The summed E-state index contributed by atoms with van der Waals surface area (Å²) in [5.74, 6) is 0.591. The number of pyridine rings is 1. The molecule has 1 aromatic heterocycles. The number of rotatable bonds is 1. The van der Waals surface area contributed by atoms with Gasteiger partial charge in [0.2, 0.25) is 0 Å². The fourth-order valence-electron chi connectivity index (χ4n) is 1.51. The molecule has 2 rings (SSSR count). The van der Waals surface area contributed by atoms with Crippen molar-refractivity contribution in [2.45, 2.75) is 6.04 Å². The Labute approximate surface area is 96.4 Å². The van der Waals surface area contributed by atoms with Crippen molar-refractivity contribution in [1.82, 2.24) is 10.3 Å². The average Bonchev–Trinajstić information content (AvgIpc) is 2.23. The van der Waals surface area contributed by atoms with E-state index in [2.05, 4.69) is 39.0 Å². The van der Waals surface area contributed by atoms with E-state index in [1.165, 1.54) is 0 Å². The number of morpholine rings is 1. The van der Waals surface area contributed by atoms with E-state index in [1.807, 2.05) is 0 Å². The standard InChI is InChI=1S/C9H12IN3O/c10-6-3-7(9(11)13-4-6)8-5-14-2-1-12-8/h3-4,8,12H,1-2,5H2,(H2,11,13)/t8-/m1/s1. The van der Waals surface area contributed by atoms with Gasteiger partial charge in [-0.05, 0) is 28.7 Å². The van der Waals surface area contributed by atoms with Crippen molar-refractivity contribution in [3.8, 4) is 0 Å². The van der Waals surface area contributed by atoms with Crippen LogP contribution in [0.1, 0.15) is 11.6 Å². The van der Waals surface area contributed by atoms with Crippen LogP contribution >= 0.6 is 22.6 Å². The molecule has 2 heterocycles. The lowest BCUT2D eigenvalue weighted by Gasteiger charge is -2.24. The second kappa shape index (κ2) is 4.41. The zero-order chi connectivity index (χ0) is 9.97. The highest BCUT2D eigenvalue weighted by Crippen LogP contribution is 2.22. The summed E-state index contributed by atoms with van der Waals surface area (Å²) in [6, 6.07) is 2.24. The zero-order valence-electron chi connectivity index (χ0n) is 7.66. The summed E-state index contributed by atoms with van der Waals surface area (Å²) in [5, 5.41) is 3.36. The summed E-state index contributed by atoms with van der Waals surface area (Å²) in [4.78, 5) is 4.13. The van der Waals surface area contributed by atoms with E-state index in [9.17, 15) is 0 Å². The summed E-state index contributed by atoms with van der Waals surface area (Å²) in [6.45, 7) is 2.31. The molecule has 0 spiro atoms. The van der Waals surface area contributed by atoms with Crippen molar-refractivity contribution < 1.29 is 4.74 Å². The predicted octanol–water partition coefficient (Wildman–Crippen LogP) is 0.929. The fourth-order valence-corrected chi connectivity index (χ4v) is 1.98. The predicted molar refractivity (Wildman–Crippen MR) is 62.9 cm³/mol. The average molecular weight is 305 g/mol. The second-order valence-corrected chi connectivity index (χ2v) is 4.46. The number of nitrogens with zero attached hydrogens (tertiary/aromatic N) is 1. The number of hydrogen-bond acceptors (Lipinski definition) is 4. The first-order valence-electron chi connectivity index (χ1n) is 4.49. The molecule has 14 heavy (non-hydrogen) atoms. The molecule has 1 aliphatic heterocycles. The van der Waals surface area contributed by atoms with E-state index in [1.54, 1.807) is 6.20 Å². The highest BCUT2D eigenvalue weighted by Gasteiger charge is 2.18. The molecule has 0 bridgehead atoms. The van der Waals surface area contributed by atoms with Gasteiger partial charge >= 0.3 is 0 Å². The topological polar surface area (TPSA) is 60.2 Å². The molecule has 1 aliphatic rings. The van der Waals surface area contributed by atoms with Crippen molar-refractivity contribution >= 4 is 28.4 Å². The van der Waals surface area contributed by atoms with Crippen LogP contribution in [0.2, 0.25) is 0 Å². The van der Waals surface area contributed by atoms with Gasteiger partial charge in [-0.3, -0.25) is 0 Å². The highest BCUT2D eigenvalue weighted by atomic mass is 127. The van der Waals surface area contributed by atoms with Crippen molar-refractivity contribution in [2.75, 3.05) is 25.5 Å².